The van der Waals surface area contributed by atoms with Gasteiger partial charge in [-0.15, -0.1) is 0 Å². The van der Waals surface area contributed by atoms with Crippen LogP contribution in [0.2, 0.25) is 0 Å². The van der Waals surface area contributed by atoms with Gasteiger partial charge in [-0.05, 0) is 50.6 Å². The average molecular weight is 493 g/mol. The first-order chi connectivity index (χ1) is 17.4. The average Bonchev–Trinajstić information content (AvgIpc) is 3.39. The SMILES string of the molecule is CCCOc1ccc2nc(-c3cccc(OCC(=O)NC(C)(C)CF)c3)nc(Nc3cn[nH]c3)c2c1. The van der Waals surface area contributed by atoms with Crippen molar-refractivity contribution in [3.63, 3.8) is 0 Å². The Balaban J connectivity index is 1.62. The second-order valence-electron chi connectivity index (χ2n) is 8.92. The van der Waals surface area contributed by atoms with Gasteiger partial charge in [0.15, 0.2) is 12.4 Å². The second-order valence-corrected chi connectivity index (χ2v) is 8.92. The molecule has 1 amide bonds. The highest BCUT2D eigenvalue weighted by atomic mass is 19.1. The molecule has 0 saturated heterocycles. The minimum absolute atomic E-state index is 0.237. The number of nitrogens with zero attached hydrogens (tertiary/aromatic N) is 3. The van der Waals surface area contributed by atoms with E-state index < -0.39 is 18.1 Å². The molecule has 0 saturated carbocycles. The Labute approximate surface area is 208 Å². The molecule has 3 N–H and O–H groups in total. The van der Waals surface area contributed by atoms with Crippen molar-refractivity contribution in [2.75, 3.05) is 25.2 Å². The third-order valence-corrected chi connectivity index (χ3v) is 5.18. The topological polar surface area (TPSA) is 114 Å². The van der Waals surface area contributed by atoms with Crippen LogP contribution in [0.1, 0.15) is 27.2 Å². The van der Waals surface area contributed by atoms with E-state index in [1.54, 1.807) is 44.4 Å². The van der Waals surface area contributed by atoms with E-state index >= 15 is 0 Å². The molecule has 0 atom stereocenters. The monoisotopic (exact) mass is 492 g/mol. The van der Waals surface area contributed by atoms with Crippen LogP contribution in [0.15, 0.2) is 54.9 Å². The number of alkyl halides is 1. The molecule has 4 aromatic rings. The molecule has 10 heteroatoms. The van der Waals surface area contributed by atoms with Crippen LogP contribution in [0.3, 0.4) is 0 Å². The highest BCUT2D eigenvalue weighted by Crippen LogP contribution is 2.31. The maximum absolute atomic E-state index is 13.0. The van der Waals surface area contributed by atoms with Crippen molar-refractivity contribution in [2.24, 2.45) is 0 Å². The Morgan fingerprint density at radius 1 is 1.11 bits per heavy atom. The zero-order chi connectivity index (χ0) is 25.5. The molecule has 9 nitrogen and oxygen atoms in total. The summed E-state index contributed by atoms with van der Waals surface area (Å²) in [6.07, 6.45) is 4.30. The van der Waals surface area contributed by atoms with Crippen LogP contribution in [0.5, 0.6) is 11.5 Å². The highest BCUT2D eigenvalue weighted by Gasteiger charge is 2.20. The van der Waals surface area contributed by atoms with Crippen molar-refractivity contribution >= 4 is 28.3 Å². The predicted octanol–water partition coefficient (Wildman–Crippen LogP) is 4.80. The molecule has 4 rings (SSSR count). The number of benzene rings is 2. The fourth-order valence-electron chi connectivity index (χ4n) is 3.42. The summed E-state index contributed by atoms with van der Waals surface area (Å²) < 4.78 is 24.4. The van der Waals surface area contributed by atoms with Gasteiger partial charge >= 0.3 is 0 Å². The highest BCUT2D eigenvalue weighted by molar-refractivity contribution is 5.93. The summed E-state index contributed by atoms with van der Waals surface area (Å²) in [5, 5.41) is 13.5. The van der Waals surface area contributed by atoms with Crippen molar-refractivity contribution < 1.29 is 18.7 Å². The first-order valence-electron chi connectivity index (χ1n) is 11.7. The normalized spacial score (nSPS) is 11.3. The molecule has 0 unspecified atom stereocenters. The number of rotatable bonds is 11. The lowest BCUT2D eigenvalue weighted by Gasteiger charge is -2.22. The molecule has 2 heterocycles. The molecule has 0 aliphatic rings. The first-order valence-corrected chi connectivity index (χ1v) is 11.7. The van der Waals surface area contributed by atoms with Crippen LogP contribution in [0.4, 0.5) is 15.9 Å². The standard InChI is InChI=1S/C26H29FN6O3/c1-4-10-35-20-8-9-22-21(12-20)25(30-18-13-28-29-14-18)32-24(31-22)17-6-5-7-19(11-17)36-15-23(34)33-26(2,3)16-27/h5-9,11-14H,4,10,15-16H2,1-3H3,(H,28,29)(H,33,34)(H,30,31,32). The molecule has 0 radical (unpaired) electrons. The van der Waals surface area contributed by atoms with E-state index in [0.717, 1.165) is 28.8 Å². The second kappa shape index (κ2) is 11.0. The molecule has 2 aromatic carbocycles. The molecular formula is C26H29FN6O3. The fourth-order valence-corrected chi connectivity index (χ4v) is 3.42. The number of carbonyl (C=O) groups excluding carboxylic acids is 1. The smallest absolute Gasteiger partial charge is 0.258 e. The summed E-state index contributed by atoms with van der Waals surface area (Å²) in [4.78, 5) is 21.6. The number of aromatic amines is 1. The van der Waals surface area contributed by atoms with Gasteiger partial charge in [-0.2, -0.15) is 5.10 Å². The number of amides is 1. The van der Waals surface area contributed by atoms with Crippen LogP contribution >= 0.6 is 0 Å². The van der Waals surface area contributed by atoms with Gasteiger partial charge < -0.3 is 20.1 Å². The Morgan fingerprint density at radius 2 is 1.94 bits per heavy atom. The van der Waals surface area contributed by atoms with Gasteiger partial charge in [-0.3, -0.25) is 9.89 Å². The van der Waals surface area contributed by atoms with Crippen LogP contribution in [0.25, 0.3) is 22.3 Å². The lowest BCUT2D eigenvalue weighted by Crippen LogP contribution is -2.47. The van der Waals surface area contributed by atoms with Crippen molar-refractivity contribution in [3.05, 3.63) is 54.9 Å². The van der Waals surface area contributed by atoms with E-state index in [0.29, 0.717) is 29.6 Å². The van der Waals surface area contributed by atoms with Gasteiger partial charge in [0.05, 0.1) is 29.5 Å². The number of anilines is 2. The number of nitrogens with one attached hydrogen (secondary N) is 3. The largest absolute Gasteiger partial charge is 0.494 e. The number of fused-ring (bicyclic) bond motifs is 1. The van der Waals surface area contributed by atoms with Crippen LogP contribution in [0, 0.1) is 0 Å². The van der Waals surface area contributed by atoms with Gasteiger partial charge in [0.25, 0.3) is 5.91 Å². The lowest BCUT2D eigenvalue weighted by atomic mass is 10.1. The minimum Gasteiger partial charge on any atom is -0.494 e. The third-order valence-electron chi connectivity index (χ3n) is 5.18. The zero-order valence-corrected chi connectivity index (χ0v) is 20.5. The van der Waals surface area contributed by atoms with E-state index in [9.17, 15) is 9.18 Å². The Kier molecular flexibility index (Phi) is 7.62. The summed E-state index contributed by atoms with van der Waals surface area (Å²) >= 11 is 0. The van der Waals surface area contributed by atoms with Crippen LogP contribution < -0.4 is 20.1 Å². The van der Waals surface area contributed by atoms with Crippen molar-refractivity contribution in [1.29, 1.82) is 0 Å². The Hall–Kier alpha value is -4.21. The number of aromatic nitrogens is 4. The molecule has 0 aliphatic heterocycles. The van der Waals surface area contributed by atoms with Gasteiger partial charge in [0.2, 0.25) is 0 Å². The lowest BCUT2D eigenvalue weighted by molar-refractivity contribution is -0.124. The van der Waals surface area contributed by atoms with Crippen LogP contribution in [-0.2, 0) is 4.79 Å². The number of hydrogen-bond acceptors (Lipinski definition) is 7. The zero-order valence-electron chi connectivity index (χ0n) is 20.5. The van der Waals surface area contributed by atoms with Crippen molar-refractivity contribution in [2.45, 2.75) is 32.7 Å². The third kappa shape index (κ3) is 6.26. The molecule has 0 spiro atoms. The number of carbonyl (C=O) groups is 1. The van der Waals surface area contributed by atoms with Gasteiger partial charge in [0.1, 0.15) is 24.0 Å². The van der Waals surface area contributed by atoms with E-state index in [-0.39, 0.29) is 6.61 Å². The van der Waals surface area contributed by atoms with E-state index in [1.165, 1.54) is 0 Å². The van der Waals surface area contributed by atoms with E-state index in [1.807, 2.05) is 24.3 Å². The van der Waals surface area contributed by atoms with Crippen LogP contribution in [-0.4, -0.2) is 51.5 Å². The fraction of sp³-hybridized carbons (Fsp3) is 0.308. The molecule has 0 bridgehead atoms. The predicted molar refractivity (Wildman–Crippen MR) is 136 cm³/mol. The van der Waals surface area contributed by atoms with Gasteiger partial charge in [-0.25, -0.2) is 14.4 Å². The van der Waals surface area contributed by atoms with E-state index in [4.69, 9.17) is 19.4 Å². The molecule has 0 fully saturated rings. The Morgan fingerprint density at radius 3 is 2.69 bits per heavy atom. The van der Waals surface area contributed by atoms with Crippen molar-refractivity contribution in [1.82, 2.24) is 25.5 Å². The molecular weight excluding hydrogens is 463 g/mol. The molecule has 188 valence electrons. The quantitative estimate of drug-likeness (QED) is 0.276. The maximum atomic E-state index is 13.0. The van der Waals surface area contributed by atoms with Crippen molar-refractivity contribution in [3.8, 4) is 22.9 Å². The maximum Gasteiger partial charge on any atom is 0.258 e. The van der Waals surface area contributed by atoms with Gasteiger partial charge in [-0.1, -0.05) is 19.1 Å². The summed E-state index contributed by atoms with van der Waals surface area (Å²) in [7, 11) is 0. The minimum atomic E-state index is -0.943. The van der Waals surface area contributed by atoms with E-state index in [2.05, 4.69) is 27.8 Å². The Bertz CT molecular complexity index is 1330. The first kappa shape index (κ1) is 24.9. The molecule has 0 aliphatic carbocycles. The number of ether oxygens (including phenoxy) is 2. The summed E-state index contributed by atoms with van der Waals surface area (Å²) in [6.45, 7) is 4.98. The van der Waals surface area contributed by atoms with Gasteiger partial charge in [0, 0.05) is 17.1 Å². The molecule has 2 aromatic heterocycles. The summed E-state index contributed by atoms with van der Waals surface area (Å²) in [5.74, 6) is 1.87. The summed E-state index contributed by atoms with van der Waals surface area (Å²) in [5.41, 5.74) is 1.25. The number of halogens is 1. The number of H-pyrrole nitrogens is 1. The molecule has 36 heavy (non-hydrogen) atoms. The number of hydrogen-bond donors (Lipinski definition) is 3. The summed E-state index contributed by atoms with van der Waals surface area (Å²) in [6, 6.07) is 12.8.